The third kappa shape index (κ3) is 22.0. The monoisotopic (exact) mass is 1210 g/mol. The minimum Gasteiger partial charge on any atom is -0.444 e. The van der Waals surface area contributed by atoms with Gasteiger partial charge >= 0.3 is 12.2 Å². The van der Waals surface area contributed by atoms with E-state index in [0.717, 1.165) is 11.1 Å². The smallest absolute Gasteiger partial charge is 0.407 e. The highest BCUT2D eigenvalue weighted by Gasteiger charge is 2.34. The largest absolute Gasteiger partial charge is 0.444 e. The van der Waals surface area contributed by atoms with Crippen LogP contribution in [0.2, 0.25) is 0 Å². The standard InChI is InChI=1S/C58H80N6O14S4/c1-41(2)35-63(37-53(65)51(33-43-13-7-5-8-14-43)61-57(69)77-47-27-29-75-39-47)81(71,72)49-23-19-45(20-24-49)59-55(67)17-11-31-79-80-32-12-18-56(68)60-46-21-25-50(26-22-46)82(73,74)64(36-42(3)4)38-54(66)52(34-44-15-9-6-10-16-44)62-58(70)78-48-28-30-76-40-48/h5-10,13-16,19-26,41-42,47-48,51-54,65-66H,11-12,17-18,27-40H2,1-4H3,(H,59,67)(H,60,68)(H,61,69)(H,62,70). The van der Waals surface area contributed by atoms with E-state index in [2.05, 4.69) is 21.3 Å². The van der Waals surface area contributed by atoms with Gasteiger partial charge in [-0.1, -0.05) is 110 Å². The number of carbonyl (C=O) groups is 4. The molecule has 4 amide bonds. The van der Waals surface area contributed by atoms with Gasteiger partial charge in [0.15, 0.2) is 0 Å². The van der Waals surface area contributed by atoms with Crippen LogP contribution in [0.1, 0.15) is 77.3 Å². The number of aliphatic hydroxyl groups excluding tert-OH is 2. The lowest BCUT2D eigenvalue weighted by Crippen LogP contribution is -2.51. The van der Waals surface area contributed by atoms with Crippen molar-refractivity contribution in [3.05, 3.63) is 120 Å². The first-order valence-corrected chi connectivity index (χ1v) is 33.2. The van der Waals surface area contributed by atoms with Gasteiger partial charge in [0.2, 0.25) is 31.9 Å². The third-order valence-electron chi connectivity index (χ3n) is 13.3. The fourth-order valence-electron chi connectivity index (χ4n) is 9.08. The molecular formula is C58H80N6O14S4. The number of nitrogens with one attached hydrogen (secondary N) is 4. The number of sulfonamides is 2. The number of amides is 4. The number of rotatable bonds is 33. The Labute approximate surface area is 491 Å². The summed E-state index contributed by atoms with van der Waals surface area (Å²) in [6.45, 7) is 8.63. The summed E-state index contributed by atoms with van der Waals surface area (Å²) in [7, 11) is -5.09. The maximum atomic E-state index is 14.1. The fraction of sp³-hybridized carbons (Fsp3) is 0.517. The molecule has 0 aromatic heterocycles. The molecular weight excluding hydrogens is 1130 g/mol. The average molecular weight is 1210 g/mol. The van der Waals surface area contributed by atoms with Crippen molar-refractivity contribution in [3.8, 4) is 0 Å². The van der Waals surface area contributed by atoms with Crippen molar-refractivity contribution >= 4 is 77.0 Å². The van der Waals surface area contributed by atoms with Crippen LogP contribution in [0.15, 0.2) is 119 Å². The number of benzene rings is 4. The molecule has 450 valence electrons. The van der Waals surface area contributed by atoms with Gasteiger partial charge in [-0.3, -0.25) is 9.59 Å². The molecule has 4 aromatic rings. The summed E-state index contributed by atoms with van der Waals surface area (Å²) in [6.07, 6.45) is -1.64. The van der Waals surface area contributed by atoms with Gasteiger partial charge in [-0.25, -0.2) is 26.4 Å². The third-order valence-corrected chi connectivity index (χ3v) is 19.5. The Morgan fingerprint density at radius 2 is 0.927 bits per heavy atom. The summed E-state index contributed by atoms with van der Waals surface area (Å²) < 4.78 is 80.4. The molecule has 20 nitrogen and oxygen atoms in total. The minimum atomic E-state index is -4.13. The summed E-state index contributed by atoms with van der Waals surface area (Å²) in [4.78, 5) is 51.5. The van der Waals surface area contributed by atoms with Crippen LogP contribution in [0.5, 0.6) is 0 Å². The van der Waals surface area contributed by atoms with E-state index in [9.17, 15) is 46.2 Å². The van der Waals surface area contributed by atoms with Gasteiger partial charge in [-0.15, -0.1) is 0 Å². The molecule has 2 aliphatic heterocycles. The lowest BCUT2D eigenvalue weighted by Gasteiger charge is -2.30. The Bertz CT molecular complexity index is 2630. The molecule has 2 heterocycles. The molecule has 24 heteroatoms. The molecule has 6 rings (SSSR count). The zero-order chi connectivity index (χ0) is 59.1. The van der Waals surface area contributed by atoms with Crippen molar-refractivity contribution in [1.29, 1.82) is 0 Å². The predicted molar refractivity (Wildman–Crippen MR) is 318 cm³/mol. The van der Waals surface area contributed by atoms with Crippen LogP contribution in [0, 0.1) is 11.8 Å². The molecule has 6 unspecified atom stereocenters. The van der Waals surface area contributed by atoms with Gasteiger partial charge in [0.05, 0.1) is 60.5 Å². The van der Waals surface area contributed by atoms with Crippen LogP contribution < -0.4 is 21.3 Å². The van der Waals surface area contributed by atoms with Crippen molar-refractivity contribution in [3.63, 3.8) is 0 Å². The van der Waals surface area contributed by atoms with Crippen LogP contribution in [0.3, 0.4) is 0 Å². The number of nitrogens with zero attached hydrogens (tertiary/aromatic N) is 2. The van der Waals surface area contributed by atoms with Crippen molar-refractivity contribution in [2.24, 2.45) is 11.8 Å². The molecule has 0 saturated carbocycles. The van der Waals surface area contributed by atoms with Crippen LogP contribution in [-0.2, 0) is 61.4 Å². The van der Waals surface area contributed by atoms with E-state index in [-0.39, 0.29) is 98.5 Å². The zero-order valence-electron chi connectivity index (χ0n) is 47.1. The normalized spacial score (nSPS) is 17.1. The van der Waals surface area contributed by atoms with Crippen molar-refractivity contribution in [2.75, 3.05) is 74.7 Å². The number of hydrogen-bond acceptors (Lipinski definition) is 16. The number of aliphatic hydroxyl groups is 2. The second-order valence-corrected chi connectivity index (χ2v) is 27.8. The van der Waals surface area contributed by atoms with E-state index in [4.69, 9.17) is 18.9 Å². The van der Waals surface area contributed by atoms with Crippen LogP contribution >= 0.6 is 21.6 Å². The molecule has 0 bridgehead atoms. The summed E-state index contributed by atoms with van der Waals surface area (Å²) in [5.74, 6) is 0.700. The Hall–Kier alpha value is -5.28. The van der Waals surface area contributed by atoms with Gasteiger partial charge in [0, 0.05) is 74.7 Å². The van der Waals surface area contributed by atoms with Crippen molar-refractivity contribution in [2.45, 2.75) is 125 Å². The van der Waals surface area contributed by atoms with Crippen LogP contribution in [0.25, 0.3) is 0 Å². The Balaban J connectivity index is 0.903. The van der Waals surface area contributed by atoms with Gasteiger partial charge in [0.25, 0.3) is 0 Å². The fourth-order valence-corrected chi connectivity index (χ4v) is 14.5. The minimum absolute atomic E-state index is 0.0181. The SMILES string of the molecule is CC(C)CN(CC(O)C(Cc1ccccc1)NC(=O)OC1CCOC1)S(=O)(=O)c1ccc(NC(=O)CCCSSCCCC(=O)Nc2ccc(S(=O)(=O)N(CC(C)C)CC(O)C(Cc3ccccc3)NC(=O)OC3CCOC3)cc2)cc1. The lowest BCUT2D eigenvalue weighted by molar-refractivity contribution is -0.117. The Morgan fingerprint density at radius 1 is 0.561 bits per heavy atom. The maximum absolute atomic E-state index is 14.1. The van der Waals surface area contributed by atoms with E-state index in [1.165, 1.54) is 57.1 Å². The van der Waals surface area contributed by atoms with Gasteiger partial charge in [0.1, 0.15) is 12.2 Å². The Kier molecular flexibility index (Phi) is 26.7. The van der Waals surface area contributed by atoms with Crippen LogP contribution in [0.4, 0.5) is 21.0 Å². The van der Waals surface area contributed by atoms with Gasteiger partial charge < -0.3 is 50.4 Å². The zero-order valence-corrected chi connectivity index (χ0v) is 50.3. The van der Waals surface area contributed by atoms with Crippen molar-refractivity contribution < 1.29 is 65.2 Å². The number of hydrogen-bond donors (Lipinski definition) is 6. The maximum Gasteiger partial charge on any atom is 0.407 e. The molecule has 82 heavy (non-hydrogen) atoms. The highest BCUT2D eigenvalue weighted by molar-refractivity contribution is 8.76. The van der Waals surface area contributed by atoms with Gasteiger partial charge in [-0.2, -0.15) is 8.61 Å². The van der Waals surface area contributed by atoms with E-state index in [0.29, 0.717) is 61.8 Å². The van der Waals surface area contributed by atoms with Crippen molar-refractivity contribution in [1.82, 2.24) is 19.2 Å². The van der Waals surface area contributed by atoms with Crippen LogP contribution in [-0.4, -0.2) is 160 Å². The molecule has 6 N–H and O–H groups in total. The predicted octanol–water partition coefficient (Wildman–Crippen LogP) is 7.47. The molecule has 4 aromatic carbocycles. The second-order valence-electron chi connectivity index (χ2n) is 21.2. The molecule has 0 aliphatic carbocycles. The number of anilines is 2. The summed E-state index contributed by atoms with van der Waals surface area (Å²) in [6, 6.07) is 28.5. The highest BCUT2D eigenvalue weighted by Crippen LogP contribution is 2.26. The molecule has 0 spiro atoms. The molecule has 2 saturated heterocycles. The molecule has 2 aliphatic rings. The first-order chi connectivity index (χ1) is 39.2. The van der Waals surface area contributed by atoms with E-state index >= 15 is 0 Å². The second kappa shape index (κ2) is 33.3. The number of alkyl carbamates (subject to hydrolysis) is 2. The quantitative estimate of drug-likeness (QED) is 0.0199. The molecule has 6 atom stereocenters. The summed E-state index contributed by atoms with van der Waals surface area (Å²) in [5.41, 5.74) is 2.52. The first-order valence-electron chi connectivity index (χ1n) is 27.8. The molecule has 0 radical (unpaired) electrons. The van der Waals surface area contributed by atoms with Gasteiger partial charge in [-0.05, 0) is 97.2 Å². The van der Waals surface area contributed by atoms with E-state index < -0.39 is 68.7 Å². The summed E-state index contributed by atoms with van der Waals surface area (Å²) in [5, 5.41) is 34.3. The lowest BCUT2D eigenvalue weighted by atomic mass is 10.0. The van der Waals surface area contributed by atoms with E-state index in [1.54, 1.807) is 21.6 Å². The Morgan fingerprint density at radius 3 is 1.26 bits per heavy atom. The topological polar surface area (TPSA) is 269 Å². The van der Waals surface area contributed by atoms with E-state index in [1.807, 2.05) is 88.4 Å². The highest BCUT2D eigenvalue weighted by atomic mass is 33.1. The number of ether oxygens (including phenoxy) is 4. The number of carbonyl (C=O) groups excluding carboxylic acids is 4. The average Bonchev–Trinajstić information content (AvgIpc) is 4.22. The first kappa shape index (κ1) is 65.9. The molecule has 2 fully saturated rings. The summed E-state index contributed by atoms with van der Waals surface area (Å²) >= 11 is 0.